The Hall–Kier alpha value is -1.47. The maximum absolute atomic E-state index is 13.1. The van der Waals surface area contributed by atoms with Gasteiger partial charge in [-0.2, -0.15) is 0 Å². The SMILES string of the molecule is CS(=O)(=O)N1CCCC(NC(=O)C2(c3ccc(F)cc3)CC2)C1. The van der Waals surface area contributed by atoms with Crippen molar-refractivity contribution in [2.75, 3.05) is 19.3 Å². The predicted octanol–water partition coefficient (Wildman–Crippen LogP) is 1.40. The highest BCUT2D eigenvalue weighted by atomic mass is 32.2. The summed E-state index contributed by atoms with van der Waals surface area (Å²) in [6.45, 7) is 0.832. The maximum Gasteiger partial charge on any atom is 0.230 e. The second-order valence-corrected chi connectivity index (χ2v) is 8.51. The Bertz CT molecular complexity index is 699. The number of nitrogens with one attached hydrogen (secondary N) is 1. The summed E-state index contributed by atoms with van der Waals surface area (Å²) in [5.41, 5.74) is 0.258. The monoisotopic (exact) mass is 340 g/mol. The van der Waals surface area contributed by atoms with E-state index in [0.29, 0.717) is 13.1 Å². The van der Waals surface area contributed by atoms with Crippen LogP contribution in [0.4, 0.5) is 4.39 Å². The van der Waals surface area contributed by atoms with E-state index in [-0.39, 0.29) is 17.8 Å². The summed E-state index contributed by atoms with van der Waals surface area (Å²) in [6, 6.07) is 5.89. The number of halogens is 1. The number of carbonyl (C=O) groups is 1. The average molecular weight is 340 g/mol. The molecule has 1 saturated carbocycles. The number of sulfonamides is 1. The number of hydrogen-bond acceptors (Lipinski definition) is 3. The highest BCUT2D eigenvalue weighted by Gasteiger charge is 2.51. The molecular formula is C16H21FN2O3S. The molecule has 1 unspecified atom stereocenters. The van der Waals surface area contributed by atoms with Gasteiger partial charge in [-0.15, -0.1) is 0 Å². The smallest absolute Gasteiger partial charge is 0.230 e. The fraction of sp³-hybridized carbons (Fsp3) is 0.562. The van der Waals surface area contributed by atoms with E-state index in [4.69, 9.17) is 0 Å². The molecule has 1 atom stereocenters. The van der Waals surface area contributed by atoms with Crippen molar-refractivity contribution in [2.45, 2.75) is 37.1 Å². The topological polar surface area (TPSA) is 66.5 Å². The van der Waals surface area contributed by atoms with E-state index in [1.165, 1.54) is 22.7 Å². The van der Waals surface area contributed by atoms with Gasteiger partial charge in [0, 0.05) is 19.1 Å². The standard InChI is InChI=1S/C16H21FN2O3S/c1-23(21,22)19-10-2-3-14(11-19)18-15(20)16(8-9-16)12-4-6-13(17)7-5-12/h4-7,14H,2-3,8-11H2,1H3,(H,18,20). The highest BCUT2D eigenvalue weighted by Crippen LogP contribution is 2.48. The van der Waals surface area contributed by atoms with Gasteiger partial charge in [-0.1, -0.05) is 12.1 Å². The molecule has 1 aliphatic carbocycles. The fourth-order valence-electron chi connectivity index (χ4n) is 3.23. The lowest BCUT2D eigenvalue weighted by Gasteiger charge is -2.32. The minimum absolute atomic E-state index is 0.0792. The summed E-state index contributed by atoms with van der Waals surface area (Å²) in [7, 11) is -3.23. The maximum atomic E-state index is 13.1. The normalized spacial score (nSPS) is 24.2. The molecule has 2 aliphatic rings. The summed E-state index contributed by atoms with van der Waals surface area (Å²) in [4.78, 5) is 12.7. The van der Waals surface area contributed by atoms with Gasteiger partial charge in [0.1, 0.15) is 5.82 Å². The Morgan fingerprint density at radius 2 is 1.96 bits per heavy atom. The first-order valence-corrected chi connectivity index (χ1v) is 9.68. The Labute approximate surface area is 135 Å². The van der Waals surface area contributed by atoms with Gasteiger partial charge >= 0.3 is 0 Å². The molecule has 1 aromatic carbocycles. The van der Waals surface area contributed by atoms with E-state index in [0.717, 1.165) is 31.2 Å². The van der Waals surface area contributed by atoms with Gasteiger partial charge in [0.05, 0.1) is 11.7 Å². The molecule has 0 bridgehead atoms. The third-order valence-electron chi connectivity index (χ3n) is 4.77. The van der Waals surface area contributed by atoms with Gasteiger partial charge in [0.2, 0.25) is 15.9 Å². The van der Waals surface area contributed by atoms with E-state index in [1.807, 2.05) is 0 Å². The van der Waals surface area contributed by atoms with Gasteiger partial charge in [-0.05, 0) is 43.4 Å². The first-order valence-electron chi connectivity index (χ1n) is 7.83. The first-order chi connectivity index (χ1) is 10.8. The molecule has 1 heterocycles. The zero-order valence-electron chi connectivity index (χ0n) is 13.1. The zero-order chi connectivity index (χ0) is 16.7. The Morgan fingerprint density at radius 3 is 2.52 bits per heavy atom. The van der Waals surface area contributed by atoms with Crippen LogP contribution in [0.3, 0.4) is 0 Å². The van der Waals surface area contributed by atoms with Crippen LogP contribution in [0.2, 0.25) is 0 Å². The number of amides is 1. The molecule has 1 amide bonds. The molecule has 3 rings (SSSR count). The minimum Gasteiger partial charge on any atom is -0.351 e. The number of rotatable bonds is 4. The van der Waals surface area contributed by atoms with E-state index in [1.54, 1.807) is 12.1 Å². The molecule has 5 nitrogen and oxygen atoms in total. The van der Waals surface area contributed by atoms with E-state index < -0.39 is 15.4 Å². The number of piperidine rings is 1. The quantitative estimate of drug-likeness (QED) is 0.901. The number of nitrogens with zero attached hydrogens (tertiary/aromatic N) is 1. The molecule has 1 saturated heterocycles. The summed E-state index contributed by atoms with van der Waals surface area (Å²) in [6.07, 6.45) is 4.19. The van der Waals surface area contributed by atoms with Crippen LogP contribution in [0.15, 0.2) is 24.3 Å². The van der Waals surface area contributed by atoms with Gasteiger partial charge < -0.3 is 5.32 Å². The van der Waals surface area contributed by atoms with Crippen molar-refractivity contribution in [2.24, 2.45) is 0 Å². The van der Waals surface area contributed by atoms with Gasteiger partial charge in [0.25, 0.3) is 0 Å². The highest BCUT2D eigenvalue weighted by molar-refractivity contribution is 7.88. The van der Waals surface area contributed by atoms with E-state index in [9.17, 15) is 17.6 Å². The Balaban J connectivity index is 1.68. The average Bonchev–Trinajstić information content (AvgIpc) is 3.29. The lowest BCUT2D eigenvalue weighted by Crippen LogP contribution is -2.51. The number of carbonyl (C=O) groups excluding carboxylic acids is 1. The van der Waals surface area contributed by atoms with Crippen molar-refractivity contribution >= 4 is 15.9 Å². The Kier molecular flexibility index (Phi) is 4.18. The first kappa shape index (κ1) is 16.4. The van der Waals surface area contributed by atoms with Crippen LogP contribution in [-0.4, -0.2) is 44.0 Å². The molecule has 0 aromatic heterocycles. The summed E-state index contributed by atoms with van der Waals surface area (Å²) < 4.78 is 37.8. The molecule has 1 N–H and O–H groups in total. The summed E-state index contributed by atoms with van der Waals surface area (Å²) in [5.74, 6) is -0.398. The van der Waals surface area contributed by atoms with Crippen molar-refractivity contribution in [3.63, 3.8) is 0 Å². The van der Waals surface area contributed by atoms with E-state index in [2.05, 4.69) is 5.32 Å². The van der Waals surface area contributed by atoms with Crippen molar-refractivity contribution in [3.05, 3.63) is 35.6 Å². The van der Waals surface area contributed by atoms with Gasteiger partial charge in [-0.3, -0.25) is 4.79 Å². The van der Waals surface area contributed by atoms with Crippen LogP contribution in [-0.2, 0) is 20.2 Å². The second-order valence-electron chi connectivity index (χ2n) is 6.52. The zero-order valence-corrected chi connectivity index (χ0v) is 13.9. The van der Waals surface area contributed by atoms with Crippen molar-refractivity contribution in [1.82, 2.24) is 9.62 Å². The van der Waals surface area contributed by atoms with Crippen molar-refractivity contribution in [1.29, 1.82) is 0 Å². The lowest BCUT2D eigenvalue weighted by molar-refractivity contribution is -0.124. The molecule has 126 valence electrons. The van der Waals surface area contributed by atoms with Crippen LogP contribution in [0, 0.1) is 5.82 Å². The number of benzene rings is 1. The lowest BCUT2D eigenvalue weighted by atomic mass is 9.94. The third-order valence-corrected chi connectivity index (χ3v) is 6.04. The van der Waals surface area contributed by atoms with Crippen molar-refractivity contribution in [3.8, 4) is 0 Å². The second kappa shape index (κ2) is 5.87. The Morgan fingerprint density at radius 1 is 1.30 bits per heavy atom. The van der Waals surface area contributed by atoms with Crippen molar-refractivity contribution < 1.29 is 17.6 Å². The molecule has 2 fully saturated rings. The van der Waals surface area contributed by atoms with Crippen LogP contribution in [0.5, 0.6) is 0 Å². The minimum atomic E-state index is -3.23. The largest absolute Gasteiger partial charge is 0.351 e. The molecular weight excluding hydrogens is 319 g/mol. The molecule has 1 aliphatic heterocycles. The van der Waals surface area contributed by atoms with E-state index >= 15 is 0 Å². The molecule has 0 spiro atoms. The fourth-order valence-corrected chi connectivity index (χ4v) is 4.14. The van der Waals surface area contributed by atoms with Gasteiger partial charge in [0.15, 0.2) is 0 Å². The molecule has 0 radical (unpaired) electrons. The molecule has 1 aromatic rings. The number of hydrogen-bond donors (Lipinski definition) is 1. The molecule has 23 heavy (non-hydrogen) atoms. The van der Waals surface area contributed by atoms with Gasteiger partial charge in [-0.25, -0.2) is 17.1 Å². The van der Waals surface area contributed by atoms with Crippen LogP contribution in [0.25, 0.3) is 0 Å². The summed E-state index contributed by atoms with van der Waals surface area (Å²) in [5, 5.41) is 3.00. The molecule has 7 heteroatoms. The third kappa shape index (κ3) is 3.40. The predicted molar refractivity (Wildman–Crippen MR) is 84.9 cm³/mol. The van der Waals surface area contributed by atoms with Crippen LogP contribution < -0.4 is 5.32 Å². The van der Waals surface area contributed by atoms with Crippen LogP contribution in [0.1, 0.15) is 31.2 Å². The van der Waals surface area contributed by atoms with Crippen LogP contribution >= 0.6 is 0 Å². The summed E-state index contributed by atoms with van der Waals surface area (Å²) >= 11 is 0.